The molecule has 3 heteroatoms. The third-order valence-corrected chi connectivity index (χ3v) is 3.74. The molecule has 3 nitrogen and oxygen atoms in total. The van der Waals surface area contributed by atoms with E-state index in [9.17, 15) is 4.79 Å². The molecule has 0 saturated heterocycles. The van der Waals surface area contributed by atoms with Gasteiger partial charge in [0.1, 0.15) is 0 Å². The van der Waals surface area contributed by atoms with E-state index < -0.39 is 0 Å². The lowest BCUT2D eigenvalue weighted by Gasteiger charge is -2.08. The second-order valence-electron chi connectivity index (χ2n) is 5.47. The zero-order valence-electron chi connectivity index (χ0n) is 12.9. The molecule has 0 bridgehead atoms. The van der Waals surface area contributed by atoms with Crippen LogP contribution < -0.4 is 11.1 Å². The largest absolute Gasteiger partial charge is 0.399 e. The summed E-state index contributed by atoms with van der Waals surface area (Å²) in [7, 11) is 0. The van der Waals surface area contributed by atoms with Gasteiger partial charge in [0.15, 0.2) is 5.78 Å². The van der Waals surface area contributed by atoms with Gasteiger partial charge in [-0.25, -0.2) is 0 Å². The smallest absolute Gasteiger partial charge is 0.193 e. The number of carbonyl (C=O) groups is 1. The Morgan fingerprint density at radius 1 is 0.826 bits per heavy atom. The van der Waals surface area contributed by atoms with Gasteiger partial charge in [-0.3, -0.25) is 4.79 Å². The molecule has 114 valence electrons. The van der Waals surface area contributed by atoms with E-state index in [1.807, 2.05) is 79.7 Å². The summed E-state index contributed by atoms with van der Waals surface area (Å²) in [5.74, 6) is 0.0436. The van der Waals surface area contributed by atoms with Gasteiger partial charge in [-0.15, -0.1) is 0 Å². The average molecular weight is 302 g/mol. The van der Waals surface area contributed by atoms with Gasteiger partial charge in [-0.1, -0.05) is 24.3 Å². The van der Waals surface area contributed by atoms with Crippen molar-refractivity contribution in [3.05, 3.63) is 89.5 Å². The molecule has 3 N–H and O–H groups in total. The third-order valence-electron chi connectivity index (χ3n) is 3.74. The summed E-state index contributed by atoms with van der Waals surface area (Å²) in [6.07, 6.45) is 0. The normalized spacial score (nSPS) is 10.3. The van der Waals surface area contributed by atoms with Crippen LogP contribution in [0.15, 0.2) is 72.8 Å². The van der Waals surface area contributed by atoms with Crippen LogP contribution in [0.4, 0.5) is 17.1 Å². The van der Waals surface area contributed by atoms with Gasteiger partial charge in [0.05, 0.1) is 0 Å². The number of anilines is 3. The number of nitrogens with one attached hydrogen (secondary N) is 1. The fraction of sp³-hybridized carbons (Fsp3) is 0.0500. The summed E-state index contributed by atoms with van der Waals surface area (Å²) >= 11 is 0. The maximum absolute atomic E-state index is 12.5. The minimum atomic E-state index is 0.0436. The Balaban J connectivity index is 1.78. The fourth-order valence-electron chi connectivity index (χ4n) is 2.42. The van der Waals surface area contributed by atoms with Crippen molar-refractivity contribution in [3.63, 3.8) is 0 Å². The summed E-state index contributed by atoms with van der Waals surface area (Å²) < 4.78 is 0. The van der Waals surface area contributed by atoms with E-state index in [1.165, 1.54) is 0 Å². The van der Waals surface area contributed by atoms with Crippen LogP contribution in [0.3, 0.4) is 0 Å². The quantitative estimate of drug-likeness (QED) is 0.549. The molecule has 0 fully saturated rings. The van der Waals surface area contributed by atoms with Gasteiger partial charge in [0, 0.05) is 28.2 Å². The minimum absolute atomic E-state index is 0.0436. The Bertz CT molecular complexity index is 821. The first-order valence-corrected chi connectivity index (χ1v) is 7.46. The van der Waals surface area contributed by atoms with Crippen LogP contribution in [0.1, 0.15) is 21.5 Å². The second-order valence-corrected chi connectivity index (χ2v) is 5.47. The molecular weight excluding hydrogens is 284 g/mol. The summed E-state index contributed by atoms with van der Waals surface area (Å²) in [5.41, 5.74) is 10.7. The van der Waals surface area contributed by atoms with Gasteiger partial charge in [0.2, 0.25) is 0 Å². The molecule has 0 radical (unpaired) electrons. The van der Waals surface area contributed by atoms with Crippen molar-refractivity contribution in [2.45, 2.75) is 6.92 Å². The molecule has 3 rings (SSSR count). The van der Waals surface area contributed by atoms with Crippen LogP contribution in [-0.2, 0) is 0 Å². The first-order chi connectivity index (χ1) is 11.1. The van der Waals surface area contributed by atoms with Crippen molar-refractivity contribution in [1.29, 1.82) is 0 Å². The number of hydrogen-bond acceptors (Lipinski definition) is 3. The number of ketones is 1. The number of nitrogens with two attached hydrogens (primary N) is 1. The Kier molecular flexibility index (Phi) is 4.11. The number of carbonyl (C=O) groups excluding carboxylic acids is 1. The molecule has 0 unspecified atom stereocenters. The van der Waals surface area contributed by atoms with Crippen LogP contribution >= 0.6 is 0 Å². The molecule has 0 atom stereocenters. The van der Waals surface area contributed by atoms with Crippen LogP contribution in [0.2, 0.25) is 0 Å². The number of nitrogen functional groups attached to an aromatic ring is 1. The van der Waals surface area contributed by atoms with Crippen molar-refractivity contribution < 1.29 is 4.79 Å². The van der Waals surface area contributed by atoms with Crippen LogP contribution in [-0.4, -0.2) is 5.78 Å². The summed E-state index contributed by atoms with van der Waals surface area (Å²) in [6.45, 7) is 1.95. The highest BCUT2D eigenvalue weighted by Gasteiger charge is 2.10. The molecule has 0 spiro atoms. The summed E-state index contributed by atoms with van der Waals surface area (Å²) in [4.78, 5) is 12.5. The van der Waals surface area contributed by atoms with Gasteiger partial charge < -0.3 is 11.1 Å². The Labute approximate surface area is 135 Å². The lowest BCUT2D eigenvalue weighted by molar-refractivity contribution is 0.103. The Morgan fingerprint density at radius 3 is 2.00 bits per heavy atom. The number of benzene rings is 3. The molecule has 0 aliphatic carbocycles. The van der Waals surface area contributed by atoms with Crippen molar-refractivity contribution >= 4 is 22.8 Å². The van der Waals surface area contributed by atoms with Crippen molar-refractivity contribution in [2.24, 2.45) is 0 Å². The third kappa shape index (κ3) is 3.40. The lowest BCUT2D eigenvalue weighted by Crippen LogP contribution is -2.03. The van der Waals surface area contributed by atoms with Crippen LogP contribution in [0, 0.1) is 6.92 Å². The highest BCUT2D eigenvalue weighted by Crippen LogP contribution is 2.20. The minimum Gasteiger partial charge on any atom is -0.399 e. The summed E-state index contributed by atoms with van der Waals surface area (Å²) in [6, 6.07) is 22.7. The molecular formula is C20H18N2O. The maximum atomic E-state index is 12.5. The molecule has 0 amide bonds. The molecule has 0 aliphatic rings. The van der Waals surface area contributed by atoms with E-state index in [4.69, 9.17) is 5.73 Å². The van der Waals surface area contributed by atoms with E-state index in [0.29, 0.717) is 5.56 Å². The van der Waals surface area contributed by atoms with Gasteiger partial charge in [-0.05, 0) is 61.0 Å². The molecule has 0 heterocycles. The van der Waals surface area contributed by atoms with Crippen molar-refractivity contribution in [1.82, 2.24) is 0 Å². The summed E-state index contributed by atoms with van der Waals surface area (Å²) in [5, 5.41) is 3.28. The monoisotopic (exact) mass is 302 g/mol. The predicted octanol–water partition coefficient (Wildman–Crippen LogP) is 4.55. The van der Waals surface area contributed by atoms with E-state index >= 15 is 0 Å². The van der Waals surface area contributed by atoms with Crippen LogP contribution in [0.5, 0.6) is 0 Å². The Morgan fingerprint density at radius 2 is 1.39 bits per heavy atom. The van der Waals surface area contributed by atoms with Gasteiger partial charge in [0.25, 0.3) is 0 Å². The fourth-order valence-corrected chi connectivity index (χ4v) is 2.42. The molecule has 3 aromatic rings. The first kappa shape index (κ1) is 14.9. The van der Waals surface area contributed by atoms with E-state index in [-0.39, 0.29) is 5.78 Å². The maximum Gasteiger partial charge on any atom is 0.193 e. The zero-order chi connectivity index (χ0) is 16.2. The second kappa shape index (κ2) is 6.36. The highest BCUT2D eigenvalue weighted by molar-refractivity contribution is 6.10. The number of hydrogen-bond donors (Lipinski definition) is 2. The number of rotatable bonds is 4. The van der Waals surface area contributed by atoms with E-state index in [0.717, 1.165) is 28.2 Å². The molecule has 23 heavy (non-hydrogen) atoms. The standard InChI is InChI=1S/C20H18N2O/c1-14-4-2-3-5-19(14)20(23)15-6-10-17(11-7-15)22-18-12-8-16(21)9-13-18/h2-13,22H,21H2,1H3. The lowest BCUT2D eigenvalue weighted by atomic mass is 9.99. The van der Waals surface area contributed by atoms with Gasteiger partial charge >= 0.3 is 0 Å². The topological polar surface area (TPSA) is 55.1 Å². The average Bonchev–Trinajstić information content (AvgIpc) is 2.57. The molecule has 0 aliphatic heterocycles. The molecule has 0 saturated carbocycles. The SMILES string of the molecule is Cc1ccccc1C(=O)c1ccc(Nc2ccc(N)cc2)cc1. The van der Waals surface area contributed by atoms with Gasteiger partial charge in [-0.2, -0.15) is 0 Å². The Hall–Kier alpha value is -3.07. The van der Waals surface area contributed by atoms with E-state index in [2.05, 4.69) is 5.32 Å². The molecule has 0 aromatic heterocycles. The highest BCUT2D eigenvalue weighted by atomic mass is 16.1. The van der Waals surface area contributed by atoms with Crippen molar-refractivity contribution in [3.8, 4) is 0 Å². The van der Waals surface area contributed by atoms with E-state index in [1.54, 1.807) is 0 Å². The van der Waals surface area contributed by atoms with Crippen molar-refractivity contribution in [2.75, 3.05) is 11.1 Å². The first-order valence-electron chi connectivity index (χ1n) is 7.46. The zero-order valence-corrected chi connectivity index (χ0v) is 12.9. The van der Waals surface area contributed by atoms with Crippen LogP contribution in [0.25, 0.3) is 0 Å². The number of aryl methyl sites for hydroxylation is 1. The predicted molar refractivity (Wildman–Crippen MR) is 95.2 cm³/mol. The molecule has 3 aromatic carbocycles.